The highest BCUT2D eigenvalue weighted by Crippen LogP contribution is 2.30. The molecule has 0 amide bonds. The lowest BCUT2D eigenvalue weighted by Crippen LogP contribution is -2.37. The summed E-state index contributed by atoms with van der Waals surface area (Å²) in [6, 6.07) is 15.5. The molecule has 0 saturated carbocycles. The first-order chi connectivity index (χ1) is 14.8. The van der Waals surface area contributed by atoms with Gasteiger partial charge in [0.05, 0.1) is 6.04 Å². The molecule has 3 rings (SSSR count). The van der Waals surface area contributed by atoms with Crippen LogP contribution in [0.2, 0.25) is 0 Å². The van der Waals surface area contributed by atoms with Crippen molar-refractivity contribution in [3.63, 3.8) is 0 Å². The molecular formula is C25H32N2O4. The van der Waals surface area contributed by atoms with Gasteiger partial charge < -0.3 is 14.3 Å². The third kappa shape index (κ3) is 5.64. The van der Waals surface area contributed by atoms with Gasteiger partial charge in [0.2, 0.25) is 5.89 Å². The Morgan fingerprint density at radius 1 is 1.16 bits per heavy atom. The lowest BCUT2D eigenvalue weighted by Gasteiger charge is -2.25. The summed E-state index contributed by atoms with van der Waals surface area (Å²) in [5.41, 5.74) is 1.40. The van der Waals surface area contributed by atoms with Gasteiger partial charge in [0.1, 0.15) is 11.3 Å². The van der Waals surface area contributed by atoms with E-state index in [2.05, 4.69) is 19.2 Å². The number of hydrogen-bond donors (Lipinski definition) is 2. The van der Waals surface area contributed by atoms with Crippen LogP contribution in [0.25, 0.3) is 11.1 Å². The van der Waals surface area contributed by atoms with Crippen molar-refractivity contribution < 1.29 is 19.1 Å². The molecule has 2 atom stereocenters. The summed E-state index contributed by atoms with van der Waals surface area (Å²) < 4.78 is 11.8. The Morgan fingerprint density at radius 3 is 2.61 bits per heavy atom. The minimum Gasteiger partial charge on any atom is -0.478 e. The second-order valence-electron chi connectivity index (χ2n) is 8.33. The lowest BCUT2D eigenvalue weighted by atomic mass is 10.0. The Kier molecular flexibility index (Phi) is 7.33. The molecule has 0 fully saturated rings. The Bertz CT molecular complexity index is 978. The molecule has 0 saturated heterocycles. The standard InChI is InChI=1S/C25H32N2O4/c1-5-7-13-21(23-27-20-14-8-9-15-22(20)30-23)26-19(6-2)17-11-10-12-18(16-17)31-25(3,4)24(28)29/h8-12,14-16,19,21,26H,5-7,13H2,1-4H3,(H,28,29). The fourth-order valence-electron chi connectivity index (χ4n) is 3.55. The molecular weight excluding hydrogens is 392 g/mol. The molecule has 1 heterocycles. The van der Waals surface area contributed by atoms with Gasteiger partial charge in [-0.05, 0) is 56.5 Å². The van der Waals surface area contributed by atoms with E-state index in [-0.39, 0.29) is 12.1 Å². The Labute approximate surface area is 183 Å². The van der Waals surface area contributed by atoms with Crippen LogP contribution in [0.15, 0.2) is 52.9 Å². The van der Waals surface area contributed by atoms with Crippen LogP contribution in [-0.2, 0) is 4.79 Å². The van der Waals surface area contributed by atoms with Crippen LogP contribution in [0.4, 0.5) is 0 Å². The molecule has 0 bridgehead atoms. The highest BCUT2D eigenvalue weighted by molar-refractivity contribution is 5.76. The smallest absolute Gasteiger partial charge is 0.347 e. The number of carboxylic acid groups (broad SMARTS) is 1. The summed E-state index contributed by atoms with van der Waals surface area (Å²) in [6.07, 6.45) is 3.92. The largest absolute Gasteiger partial charge is 0.478 e. The van der Waals surface area contributed by atoms with Gasteiger partial charge in [-0.3, -0.25) is 5.32 Å². The van der Waals surface area contributed by atoms with Crippen LogP contribution in [0.1, 0.15) is 76.9 Å². The zero-order chi connectivity index (χ0) is 22.4. The highest BCUT2D eigenvalue weighted by Gasteiger charge is 2.29. The SMILES string of the molecule is CCCCC(NC(CC)c1cccc(OC(C)(C)C(=O)O)c1)c1nc2ccccc2o1. The Balaban J connectivity index is 1.84. The summed E-state index contributed by atoms with van der Waals surface area (Å²) in [4.78, 5) is 16.1. The molecule has 0 radical (unpaired) electrons. The number of benzene rings is 2. The van der Waals surface area contributed by atoms with E-state index in [1.54, 1.807) is 19.9 Å². The molecule has 6 heteroatoms. The molecule has 0 aliphatic carbocycles. The van der Waals surface area contributed by atoms with Crippen molar-refractivity contribution in [2.45, 2.75) is 71.1 Å². The number of nitrogens with one attached hydrogen (secondary N) is 1. The molecule has 6 nitrogen and oxygen atoms in total. The number of fused-ring (bicyclic) bond motifs is 1. The van der Waals surface area contributed by atoms with Crippen molar-refractivity contribution >= 4 is 17.1 Å². The van der Waals surface area contributed by atoms with Gasteiger partial charge in [0, 0.05) is 6.04 Å². The van der Waals surface area contributed by atoms with E-state index in [1.807, 2.05) is 42.5 Å². The number of carbonyl (C=O) groups is 1. The predicted octanol–water partition coefficient (Wildman–Crippen LogP) is 6.04. The monoisotopic (exact) mass is 424 g/mol. The lowest BCUT2D eigenvalue weighted by molar-refractivity contribution is -0.152. The van der Waals surface area contributed by atoms with Crippen molar-refractivity contribution in [2.24, 2.45) is 0 Å². The topological polar surface area (TPSA) is 84.6 Å². The quantitative estimate of drug-likeness (QED) is 0.390. The van der Waals surface area contributed by atoms with Crippen LogP contribution in [0.5, 0.6) is 5.75 Å². The summed E-state index contributed by atoms with van der Waals surface area (Å²) in [6.45, 7) is 7.39. The zero-order valence-electron chi connectivity index (χ0n) is 18.7. The van der Waals surface area contributed by atoms with Gasteiger partial charge in [0.15, 0.2) is 11.2 Å². The molecule has 2 aromatic carbocycles. The fourth-order valence-corrected chi connectivity index (χ4v) is 3.55. The van der Waals surface area contributed by atoms with Crippen LogP contribution < -0.4 is 10.1 Å². The minimum absolute atomic E-state index is 0.0164. The molecule has 0 aliphatic heterocycles. The maximum Gasteiger partial charge on any atom is 0.347 e. The third-order valence-corrected chi connectivity index (χ3v) is 5.41. The predicted molar refractivity (Wildman–Crippen MR) is 121 cm³/mol. The first-order valence-corrected chi connectivity index (χ1v) is 11.0. The number of oxazole rings is 1. The van der Waals surface area contributed by atoms with Crippen LogP contribution in [0, 0.1) is 0 Å². The molecule has 1 aromatic heterocycles. The summed E-state index contributed by atoms with van der Waals surface area (Å²) >= 11 is 0. The number of para-hydroxylation sites is 2. The second kappa shape index (κ2) is 9.96. The fraction of sp³-hybridized carbons (Fsp3) is 0.440. The third-order valence-electron chi connectivity index (χ3n) is 5.41. The van der Waals surface area contributed by atoms with Gasteiger partial charge in [-0.15, -0.1) is 0 Å². The van der Waals surface area contributed by atoms with Crippen molar-refractivity contribution in [1.82, 2.24) is 10.3 Å². The number of unbranched alkanes of at least 4 members (excludes halogenated alkanes) is 1. The average Bonchev–Trinajstić information content (AvgIpc) is 3.18. The Morgan fingerprint density at radius 2 is 1.94 bits per heavy atom. The summed E-state index contributed by atoms with van der Waals surface area (Å²) in [7, 11) is 0. The zero-order valence-corrected chi connectivity index (χ0v) is 18.7. The van der Waals surface area contributed by atoms with Crippen LogP contribution >= 0.6 is 0 Å². The van der Waals surface area contributed by atoms with Crippen LogP contribution in [-0.4, -0.2) is 21.7 Å². The number of aliphatic carboxylic acids is 1. The molecule has 31 heavy (non-hydrogen) atoms. The Hall–Kier alpha value is -2.86. The summed E-state index contributed by atoms with van der Waals surface area (Å²) in [5.74, 6) is 0.239. The van der Waals surface area contributed by atoms with Crippen molar-refractivity contribution in [3.05, 3.63) is 60.0 Å². The summed E-state index contributed by atoms with van der Waals surface area (Å²) in [5, 5.41) is 13.1. The van der Waals surface area contributed by atoms with Gasteiger partial charge in [-0.1, -0.05) is 51.0 Å². The normalized spacial score (nSPS) is 13.8. The highest BCUT2D eigenvalue weighted by atomic mass is 16.5. The van der Waals surface area contributed by atoms with Crippen molar-refractivity contribution in [1.29, 1.82) is 0 Å². The van der Waals surface area contributed by atoms with E-state index in [1.165, 1.54) is 0 Å². The van der Waals surface area contributed by atoms with E-state index in [0.29, 0.717) is 11.6 Å². The maximum absolute atomic E-state index is 11.4. The van der Waals surface area contributed by atoms with Gasteiger partial charge in [-0.2, -0.15) is 0 Å². The van der Waals surface area contributed by atoms with Crippen molar-refractivity contribution in [3.8, 4) is 5.75 Å². The first-order valence-electron chi connectivity index (χ1n) is 11.0. The first kappa shape index (κ1) is 22.8. The molecule has 166 valence electrons. The minimum atomic E-state index is -1.30. The van der Waals surface area contributed by atoms with E-state index in [9.17, 15) is 9.90 Å². The number of ether oxygens (including phenoxy) is 1. The van der Waals surface area contributed by atoms with E-state index in [4.69, 9.17) is 14.1 Å². The van der Waals surface area contributed by atoms with Crippen LogP contribution in [0.3, 0.4) is 0 Å². The van der Waals surface area contributed by atoms with E-state index < -0.39 is 11.6 Å². The molecule has 0 aliphatic rings. The molecule has 2 N–H and O–H groups in total. The number of nitrogens with zero attached hydrogens (tertiary/aromatic N) is 1. The molecule has 3 aromatic rings. The number of aromatic nitrogens is 1. The van der Waals surface area contributed by atoms with E-state index in [0.717, 1.165) is 42.3 Å². The van der Waals surface area contributed by atoms with Gasteiger partial charge >= 0.3 is 5.97 Å². The van der Waals surface area contributed by atoms with Gasteiger partial charge in [-0.25, -0.2) is 9.78 Å². The maximum atomic E-state index is 11.4. The second-order valence-corrected chi connectivity index (χ2v) is 8.33. The van der Waals surface area contributed by atoms with E-state index >= 15 is 0 Å². The number of carboxylic acids is 1. The number of rotatable bonds is 11. The molecule has 0 spiro atoms. The van der Waals surface area contributed by atoms with Crippen molar-refractivity contribution in [2.75, 3.05) is 0 Å². The number of hydrogen-bond acceptors (Lipinski definition) is 5. The van der Waals surface area contributed by atoms with Gasteiger partial charge in [0.25, 0.3) is 0 Å². The average molecular weight is 425 g/mol. The molecule has 2 unspecified atom stereocenters.